The molecule has 0 amide bonds. The van der Waals surface area contributed by atoms with E-state index in [9.17, 15) is 0 Å². The molecule has 0 spiro atoms. The van der Waals surface area contributed by atoms with Gasteiger partial charge in [0.2, 0.25) is 0 Å². The van der Waals surface area contributed by atoms with Gasteiger partial charge in [-0.25, -0.2) is 0 Å². The minimum absolute atomic E-state index is 0.0259. The Balaban J connectivity index is 1.27. The van der Waals surface area contributed by atoms with Gasteiger partial charge in [0.05, 0.1) is 25.4 Å². The number of methoxy groups -OCH3 is 1. The van der Waals surface area contributed by atoms with Crippen molar-refractivity contribution in [2.45, 2.75) is 56.5 Å². The van der Waals surface area contributed by atoms with Gasteiger partial charge < -0.3 is 14.2 Å². The quantitative estimate of drug-likeness (QED) is 0.550. The van der Waals surface area contributed by atoms with E-state index in [0.717, 1.165) is 77.2 Å². The van der Waals surface area contributed by atoms with Crippen LogP contribution in [0.25, 0.3) is 0 Å². The maximum Gasteiger partial charge on any atom is 0.131 e. The molecule has 3 atom stereocenters. The Morgan fingerprint density at radius 2 is 1.62 bits per heavy atom. The van der Waals surface area contributed by atoms with Crippen LogP contribution in [0.5, 0.6) is 5.75 Å². The summed E-state index contributed by atoms with van der Waals surface area (Å²) in [5.41, 5.74) is 2.64. The van der Waals surface area contributed by atoms with Crippen molar-refractivity contribution in [3.63, 3.8) is 0 Å². The number of hydrogen-bond acceptors (Lipinski definition) is 6. The molecule has 0 saturated carbocycles. The summed E-state index contributed by atoms with van der Waals surface area (Å²) < 4.78 is 17.5. The number of nitrogens with zero attached hydrogens (tertiary/aromatic N) is 2. The Hall–Kier alpha value is -1.96. The zero-order chi connectivity index (χ0) is 23.2. The molecule has 3 saturated heterocycles. The van der Waals surface area contributed by atoms with E-state index in [0.29, 0.717) is 0 Å². The van der Waals surface area contributed by atoms with Crippen LogP contribution in [-0.4, -0.2) is 74.8 Å². The van der Waals surface area contributed by atoms with Crippen LogP contribution in [0.1, 0.15) is 42.9 Å². The van der Waals surface area contributed by atoms with Crippen LogP contribution in [0, 0.1) is 0 Å². The summed E-state index contributed by atoms with van der Waals surface area (Å²) in [4.78, 5) is 9.37. The molecule has 0 aromatic heterocycles. The monoisotopic (exact) mass is 466 g/mol. The van der Waals surface area contributed by atoms with Gasteiger partial charge in [-0.2, -0.15) is 5.06 Å². The molecule has 3 heterocycles. The Bertz CT molecular complexity index is 850. The third kappa shape index (κ3) is 5.81. The molecule has 34 heavy (non-hydrogen) atoms. The number of hydroxylamine groups is 2. The lowest BCUT2D eigenvalue weighted by Gasteiger charge is -2.43. The molecule has 0 aliphatic carbocycles. The fraction of sp³-hybridized carbons (Fsp3) is 0.571. The molecule has 0 N–H and O–H groups in total. The SMILES string of the molecule is COc1ccc(CCN2CCN(OC(C3CCCO3)C3CCCO3)C(c3ccccc3)C2)cc1. The van der Waals surface area contributed by atoms with Gasteiger partial charge in [0, 0.05) is 39.4 Å². The van der Waals surface area contributed by atoms with E-state index < -0.39 is 0 Å². The van der Waals surface area contributed by atoms with Crippen LogP contribution < -0.4 is 4.74 Å². The van der Waals surface area contributed by atoms with Gasteiger partial charge in [0.15, 0.2) is 0 Å². The Kier molecular flexibility index (Phi) is 8.14. The fourth-order valence-corrected chi connectivity index (χ4v) is 5.43. The highest BCUT2D eigenvalue weighted by Crippen LogP contribution is 2.32. The molecule has 3 fully saturated rings. The lowest BCUT2D eigenvalue weighted by molar-refractivity contribution is -0.278. The predicted molar refractivity (Wildman–Crippen MR) is 132 cm³/mol. The molecule has 2 aromatic rings. The molecule has 3 aliphatic heterocycles. The van der Waals surface area contributed by atoms with Crippen molar-refractivity contribution >= 4 is 0 Å². The predicted octanol–water partition coefficient (Wildman–Crippen LogP) is 4.25. The summed E-state index contributed by atoms with van der Waals surface area (Å²) in [6, 6.07) is 19.4. The second-order valence-electron chi connectivity index (χ2n) is 9.64. The summed E-state index contributed by atoms with van der Waals surface area (Å²) in [5.74, 6) is 0.908. The summed E-state index contributed by atoms with van der Waals surface area (Å²) in [6.45, 7) is 5.51. The normalized spacial score (nSPS) is 27.1. The van der Waals surface area contributed by atoms with Crippen molar-refractivity contribution in [2.24, 2.45) is 0 Å². The van der Waals surface area contributed by atoms with Gasteiger partial charge in [-0.15, -0.1) is 0 Å². The summed E-state index contributed by atoms with van der Waals surface area (Å²) >= 11 is 0. The zero-order valence-electron chi connectivity index (χ0n) is 20.3. The minimum Gasteiger partial charge on any atom is -0.497 e. The van der Waals surface area contributed by atoms with Crippen LogP contribution >= 0.6 is 0 Å². The Labute approximate surface area is 203 Å². The molecule has 2 aromatic carbocycles. The first-order valence-corrected chi connectivity index (χ1v) is 12.9. The molecule has 5 rings (SSSR count). The summed E-state index contributed by atoms with van der Waals surface area (Å²) in [5, 5.41) is 2.23. The highest BCUT2D eigenvalue weighted by atomic mass is 16.7. The second kappa shape index (κ2) is 11.6. The molecule has 0 radical (unpaired) electrons. The molecule has 6 nitrogen and oxygen atoms in total. The third-order valence-electron chi connectivity index (χ3n) is 7.40. The van der Waals surface area contributed by atoms with E-state index in [1.165, 1.54) is 11.1 Å². The van der Waals surface area contributed by atoms with Crippen LogP contribution in [0.3, 0.4) is 0 Å². The number of ether oxygens (including phenoxy) is 3. The van der Waals surface area contributed by atoms with Crippen LogP contribution in [-0.2, 0) is 20.7 Å². The van der Waals surface area contributed by atoms with Crippen LogP contribution in [0.4, 0.5) is 0 Å². The summed E-state index contributed by atoms with van der Waals surface area (Å²) in [7, 11) is 1.71. The van der Waals surface area contributed by atoms with Gasteiger partial charge in [0.1, 0.15) is 11.9 Å². The van der Waals surface area contributed by atoms with E-state index in [1.54, 1.807) is 7.11 Å². The lowest BCUT2D eigenvalue weighted by Crippen LogP contribution is -2.52. The minimum atomic E-state index is -0.0259. The zero-order valence-corrected chi connectivity index (χ0v) is 20.3. The van der Waals surface area contributed by atoms with Gasteiger partial charge in [-0.3, -0.25) is 9.74 Å². The van der Waals surface area contributed by atoms with Crippen molar-refractivity contribution in [3.8, 4) is 5.75 Å². The van der Waals surface area contributed by atoms with Gasteiger partial charge >= 0.3 is 0 Å². The van der Waals surface area contributed by atoms with Crippen molar-refractivity contribution in [1.29, 1.82) is 0 Å². The first-order chi connectivity index (χ1) is 16.8. The molecule has 3 aliphatic rings. The smallest absolute Gasteiger partial charge is 0.131 e. The van der Waals surface area contributed by atoms with E-state index in [-0.39, 0.29) is 24.4 Å². The largest absolute Gasteiger partial charge is 0.497 e. The van der Waals surface area contributed by atoms with Crippen LogP contribution in [0.15, 0.2) is 54.6 Å². The van der Waals surface area contributed by atoms with Crippen molar-refractivity contribution < 1.29 is 19.0 Å². The fourth-order valence-electron chi connectivity index (χ4n) is 5.43. The second-order valence-corrected chi connectivity index (χ2v) is 9.64. The van der Waals surface area contributed by atoms with Crippen molar-refractivity contribution in [3.05, 3.63) is 65.7 Å². The van der Waals surface area contributed by atoms with E-state index >= 15 is 0 Å². The van der Waals surface area contributed by atoms with E-state index in [1.807, 2.05) is 12.1 Å². The number of benzene rings is 2. The molecular weight excluding hydrogens is 428 g/mol. The highest BCUT2D eigenvalue weighted by molar-refractivity contribution is 5.27. The van der Waals surface area contributed by atoms with Gasteiger partial charge in [-0.05, 0) is 55.4 Å². The molecule has 3 unspecified atom stereocenters. The maximum absolute atomic E-state index is 6.81. The summed E-state index contributed by atoms with van der Waals surface area (Å²) in [6.07, 6.45) is 5.60. The van der Waals surface area contributed by atoms with E-state index in [2.05, 4.69) is 52.4 Å². The average molecular weight is 467 g/mol. The topological polar surface area (TPSA) is 43.4 Å². The molecule has 0 bridgehead atoms. The van der Waals surface area contributed by atoms with Gasteiger partial charge in [-0.1, -0.05) is 42.5 Å². The Morgan fingerprint density at radius 1 is 0.912 bits per heavy atom. The lowest BCUT2D eigenvalue weighted by atomic mass is 10.0. The maximum atomic E-state index is 6.81. The number of rotatable bonds is 9. The highest BCUT2D eigenvalue weighted by Gasteiger charge is 2.40. The van der Waals surface area contributed by atoms with E-state index in [4.69, 9.17) is 19.0 Å². The molecule has 6 heteroatoms. The first kappa shape index (κ1) is 23.8. The average Bonchev–Trinajstić information content (AvgIpc) is 3.62. The van der Waals surface area contributed by atoms with Crippen molar-refractivity contribution in [2.75, 3.05) is 46.5 Å². The number of hydrogen-bond donors (Lipinski definition) is 0. The van der Waals surface area contributed by atoms with Gasteiger partial charge in [0.25, 0.3) is 0 Å². The molecular formula is C28H38N2O4. The third-order valence-corrected chi connectivity index (χ3v) is 7.40. The number of piperazine rings is 1. The molecule has 184 valence electrons. The van der Waals surface area contributed by atoms with Crippen LogP contribution in [0.2, 0.25) is 0 Å². The standard InChI is InChI=1S/C28H38N2O4/c1-31-24-13-11-22(12-14-24)15-16-29-17-18-30(25(21-29)23-7-3-2-4-8-23)34-28(26-9-5-19-32-26)27-10-6-20-33-27/h2-4,7-8,11-14,25-28H,5-6,9-10,15-21H2,1H3. The van der Waals surface area contributed by atoms with Crippen molar-refractivity contribution in [1.82, 2.24) is 9.96 Å². The Morgan fingerprint density at radius 3 is 2.24 bits per heavy atom. The first-order valence-electron chi connectivity index (χ1n) is 12.9.